The number of aryl methyl sites for hydroxylation is 2. The second-order valence-corrected chi connectivity index (χ2v) is 13.9. The van der Waals surface area contributed by atoms with Gasteiger partial charge in [0.15, 0.2) is 15.7 Å². The summed E-state index contributed by atoms with van der Waals surface area (Å²) in [4.78, 5) is 8.27. The first-order valence-corrected chi connectivity index (χ1v) is 16.0. The van der Waals surface area contributed by atoms with Crippen molar-refractivity contribution in [1.82, 2.24) is 25.5 Å². The zero-order chi connectivity index (χ0) is 29.6. The number of hydrogen-bond donors (Lipinski definition) is 5. The van der Waals surface area contributed by atoms with Crippen molar-refractivity contribution in [3.63, 3.8) is 0 Å². The number of para-hydroxylation sites is 1. The maximum Gasteiger partial charge on any atom is 0.208 e. The number of H-pyrrole nitrogens is 1. The van der Waals surface area contributed by atoms with Gasteiger partial charge in [-0.2, -0.15) is 10.1 Å². The van der Waals surface area contributed by atoms with Crippen LogP contribution in [0.15, 0.2) is 35.2 Å². The molecule has 12 heteroatoms. The largest absolute Gasteiger partial charge is 0.485 e. The van der Waals surface area contributed by atoms with Crippen LogP contribution in [-0.2, 0) is 16.3 Å². The maximum absolute atomic E-state index is 13.1. The van der Waals surface area contributed by atoms with Crippen LogP contribution < -0.4 is 20.7 Å². The van der Waals surface area contributed by atoms with E-state index in [-0.39, 0.29) is 17.6 Å². The third-order valence-electron chi connectivity index (χ3n) is 8.21. The number of benzene rings is 2. The van der Waals surface area contributed by atoms with E-state index in [9.17, 15) is 13.5 Å². The monoisotopic (exact) mass is 591 g/mol. The third-order valence-corrected chi connectivity index (χ3v) is 10.4. The Morgan fingerprint density at radius 2 is 1.86 bits per heavy atom. The van der Waals surface area contributed by atoms with Crippen LogP contribution >= 0.6 is 0 Å². The smallest absolute Gasteiger partial charge is 0.208 e. The van der Waals surface area contributed by atoms with Gasteiger partial charge in [-0.05, 0) is 88.9 Å². The van der Waals surface area contributed by atoms with Crippen molar-refractivity contribution in [2.45, 2.75) is 69.1 Å². The molecule has 222 valence electrons. The topological polar surface area (TPSA) is 154 Å². The van der Waals surface area contributed by atoms with Crippen molar-refractivity contribution in [2.24, 2.45) is 0 Å². The molecule has 4 aliphatic rings. The Morgan fingerprint density at radius 1 is 1.10 bits per heavy atom. The number of ether oxygens (including phenoxy) is 1. The summed E-state index contributed by atoms with van der Waals surface area (Å²) in [6, 6.07) is 8.90. The molecule has 0 bridgehead atoms. The lowest BCUT2D eigenvalue weighted by molar-refractivity contribution is 0.135. The van der Waals surface area contributed by atoms with Crippen LogP contribution in [0.25, 0.3) is 11.4 Å². The van der Waals surface area contributed by atoms with Crippen LogP contribution in [0.1, 0.15) is 55.0 Å². The zero-order valence-electron chi connectivity index (χ0n) is 24.3. The summed E-state index contributed by atoms with van der Waals surface area (Å²) in [7, 11) is -3.56. The van der Waals surface area contributed by atoms with E-state index in [1.807, 2.05) is 6.92 Å². The molecule has 6 rings (SSSR count). The molecule has 5 N–H and O–H groups in total. The van der Waals surface area contributed by atoms with Crippen LogP contribution in [-0.4, -0.2) is 64.7 Å². The summed E-state index contributed by atoms with van der Waals surface area (Å²) in [6.45, 7) is 9.19. The Hall–Kier alpha value is -3.74. The van der Waals surface area contributed by atoms with Crippen LogP contribution in [0.3, 0.4) is 0 Å². The maximum atomic E-state index is 13.1. The van der Waals surface area contributed by atoms with E-state index < -0.39 is 15.1 Å². The zero-order valence-corrected chi connectivity index (χ0v) is 25.1. The van der Waals surface area contributed by atoms with Crippen molar-refractivity contribution in [3.8, 4) is 17.1 Å². The van der Waals surface area contributed by atoms with Crippen LogP contribution in [0.2, 0.25) is 0 Å². The fraction of sp³-hybridized carbons (Fsp3) is 0.433. The first-order valence-electron chi connectivity index (χ1n) is 14.4. The second-order valence-electron chi connectivity index (χ2n) is 11.4. The van der Waals surface area contributed by atoms with Gasteiger partial charge in [0.1, 0.15) is 17.7 Å². The molecule has 4 heterocycles. The highest BCUT2D eigenvalue weighted by Crippen LogP contribution is 2.45. The van der Waals surface area contributed by atoms with E-state index in [0.29, 0.717) is 46.9 Å². The molecule has 11 nitrogen and oxygen atoms in total. The number of sulfone groups is 1. The molecule has 4 aliphatic heterocycles. The van der Waals surface area contributed by atoms with E-state index >= 15 is 0 Å². The number of nitrogens with zero attached hydrogens (tertiary/aromatic N) is 3. The summed E-state index contributed by atoms with van der Waals surface area (Å²) in [5.41, 5.74) is 6.12. The molecular formula is C30H37N7O4S. The van der Waals surface area contributed by atoms with Crippen molar-refractivity contribution in [2.75, 3.05) is 30.3 Å². The Balaban J connectivity index is 1.41. The highest BCUT2D eigenvalue weighted by molar-refractivity contribution is 7.92. The van der Waals surface area contributed by atoms with Crippen LogP contribution in [0.4, 0.5) is 23.1 Å². The lowest BCUT2D eigenvalue weighted by atomic mass is 9.83. The molecule has 0 saturated carbocycles. The van der Waals surface area contributed by atoms with Gasteiger partial charge in [-0.3, -0.25) is 0 Å². The molecule has 42 heavy (non-hydrogen) atoms. The van der Waals surface area contributed by atoms with E-state index in [2.05, 4.69) is 44.1 Å². The number of rotatable bonds is 8. The first-order chi connectivity index (χ1) is 20.2. The molecule has 2 aromatic carbocycles. The van der Waals surface area contributed by atoms with Crippen LogP contribution in [0, 0.1) is 13.8 Å². The number of aliphatic hydroxyl groups excluding tert-OH is 1. The van der Waals surface area contributed by atoms with Gasteiger partial charge in [-0.1, -0.05) is 12.1 Å². The van der Waals surface area contributed by atoms with E-state index in [1.165, 1.54) is 11.1 Å². The normalized spacial score (nSPS) is 17.4. The van der Waals surface area contributed by atoms with Gasteiger partial charge in [0.05, 0.1) is 39.4 Å². The van der Waals surface area contributed by atoms with Crippen molar-refractivity contribution in [3.05, 3.63) is 52.7 Å². The molecular weight excluding hydrogens is 554 g/mol. The Morgan fingerprint density at radius 3 is 2.60 bits per heavy atom. The number of anilines is 4. The Kier molecular flexibility index (Phi) is 7.54. The van der Waals surface area contributed by atoms with Gasteiger partial charge >= 0.3 is 0 Å². The van der Waals surface area contributed by atoms with Crippen molar-refractivity contribution >= 4 is 33.0 Å². The number of fused-ring (bicyclic) bond motifs is 2. The number of aromatic nitrogens is 4. The average Bonchev–Trinajstić information content (AvgIpc) is 3.57. The minimum atomic E-state index is -3.56. The molecule has 1 atom stereocenters. The van der Waals surface area contributed by atoms with Gasteiger partial charge < -0.3 is 30.8 Å². The third kappa shape index (κ3) is 5.07. The average molecular weight is 592 g/mol. The Bertz CT molecular complexity index is 1700. The number of aliphatic hydroxyl groups is 1. The second kappa shape index (κ2) is 11.2. The molecule has 1 saturated heterocycles. The SMILES string of the molecule is Cc1cc(Nc2nc(Nc3ccccc3S(=O)(=O)C(C)C)c3c(C)nnc-3[nH]2)c2c(c1C1CCNCC1)CC(CO)O2. The molecule has 1 fully saturated rings. The van der Waals surface area contributed by atoms with E-state index in [1.54, 1.807) is 38.1 Å². The van der Waals surface area contributed by atoms with Crippen LogP contribution in [0.5, 0.6) is 5.75 Å². The van der Waals surface area contributed by atoms with Crippen molar-refractivity contribution < 1.29 is 18.3 Å². The van der Waals surface area contributed by atoms with Gasteiger partial charge in [-0.15, -0.1) is 5.10 Å². The molecule has 2 aromatic rings. The lowest BCUT2D eigenvalue weighted by Gasteiger charge is -2.27. The fourth-order valence-electron chi connectivity index (χ4n) is 6.08. The van der Waals surface area contributed by atoms with Gasteiger partial charge in [0.2, 0.25) is 5.95 Å². The molecule has 0 amide bonds. The minimum absolute atomic E-state index is 0.0652. The summed E-state index contributed by atoms with van der Waals surface area (Å²) < 4.78 is 32.5. The summed E-state index contributed by atoms with van der Waals surface area (Å²) >= 11 is 0. The summed E-state index contributed by atoms with van der Waals surface area (Å²) in [6.07, 6.45) is 2.48. The molecule has 1 unspecified atom stereocenters. The van der Waals surface area contributed by atoms with Gasteiger partial charge in [0.25, 0.3) is 0 Å². The van der Waals surface area contributed by atoms with E-state index in [0.717, 1.165) is 42.9 Å². The summed E-state index contributed by atoms with van der Waals surface area (Å²) in [5, 5.41) is 28.0. The quantitative estimate of drug-likeness (QED) is 0.200. The number of piperidine rings is 1. The molecule has 0 spiro atoms. The standard InChI is InChI=1S/C30H37N7O4S/c1-16(2)42(39,40)24-8-6-5-7-22(24)32-28-26-18(4)36-37-29(26)35-30(34-28)33-23-13-17(3)25(19-9-11-31-12-10-19)21-14-20(15-38)41-27(21)23/h5-8,13,16,19-20,31,38H,9-12,14-15H2,1-4H3,(H3,32,33,34,35,36,37). The van der Waals surface area contributed by atoms with E-state index in [4.69, 9.17) is 9.72 Å². The van der Waals surface area contributed by atoms with Gasteiger partial charge in [0, 0.05) is 12.0 Å². The fourth-order valence-corrected chi connectivity index (χ4v) is 7.28. The van der Waals surface area contributed by atoms with Crippen molar-refractivity contribution in [1.29, 1.82) is 0 Å². The lowest BCUT2D eigenvalue weighted by Crippen LogP contribution is -2.27. The number of nitrogens with one attached hydrogen (secondary N) is 4. The van der Waals surface area contributed by atoms with Gasteiger partial charge in [-0.25, -0.2) is 8.42 Å². The minimum Gasteiger partial charge on any atom is -0.485 e. The predicted octanol–water partition coefficient (Wildman–Crippen LogP) is 4.35. The molecule has 0 radical (unpaired) electrons. The first kappa shape index (κ1) is 28.4. The number of hydrogen-bond acceptors (Lipinski definition) is 10. The predicted molar refractivity (Wildman–Crippen MR) is 162 cm³/mol. The highest BCUT2D eigenvalue weighted by Gasteiger charge is 2.33. The number of aromatic amines is 1. The summed E-state index contributed by atoms with van der Waals surface area (Å²) in [5.74, 6) is 2.49. The molecule has 0 aromatic heterocycles. The highest BCUT2D eigenvalue weighted by atomic mass is 32.2. The molecule has 0 aliphatic carbocycles. The Labute approximate surface area is 245 Å².